The Hall–Kier alpha value is -4.83. The van der Waals surface area contributed by atoms with E-state index in [0.717, 1.165) is 16.7 Å². The van der Waals surface area contributed by atoms with Crippen molar-refractivity contribution >= 4 is 23.4 Å². The van der Waals surface area contributed by atoms with E-state index < -0.39 is 12.0 Å². The van der Waals surface area contributed by atoms with Gasteiger partial charge >= 0.3 is 5.97 Å². The summed E-state index contributed by atoms with van der Waals surface area (Å²) in [4.78, 5) is 32.7. The average molecular weight is 643 g/mol. The lowest BCUT2D eigenvalue weighted by Gasteiger charge is -2.26. The maximum Gasteiger partial charge on any atom is 0.338 e. The second-order valence-corrected chi connectivity index (χ2v) is 11.5. The number of hydrogen-bond donors (Lipinski definition) is 0. The number of ether oxygens (including phenoxy) is 5. The third-order valence-electron chi connectivity index (χ3n) is 7.37. The zero-order valence-corrected chi connectivity index (χ0v) is 27.7. The van der Waals surface area contributed by atoms with Crippen LogP contribution in [0.15, 0.2) is 81.7 Å². The molecule has 2 heterocycles. The van der Waals surface area contributed by atoms with Gasteiger partial charge in [0.05, 0.1) is 42.7 Å². The van der Waals surface area contributed by atoms with Crippen LogP contribution in [0, 0.1) is 6.92 Å². The zero-order valence-electron chi connectivity index (χ0n) is 26.9. The molecular formula is C36H38N2O7S. The van der Waals surface area contributed by atoms with Gasteiger partial charge in [0.2, 0.25) is 0 Å². The van der Waals surface area contributed by atoms with Crippen molar-refractivity contribution in [1.82, 2.24) is 4.57 Å². The number of nitrogens with zero attached hydrogens (tertiary/aromatic N) is 2. The molecule has 3 aromatic carbocycles. The molecule has 0 spiro atoms. The molecule has 0 saturated heterocycles. The highest BCUT2D eigenvalue weighted by Crippen LogP contribution is 2.41. The van der Waals surface area contributed by atoms with Crippen molar-refractivity contribution in [3.05, 3.63) is 114 Å². The van der Waals surface area contributed by atoms with E-state index in [1.165, 1.54) is 15.9 Å². The first-order chi connectivity index (χ1) is 22.3. The molecule has 1 atom stereocenters. The number of carbonyl (C=O) groups excluding carboxylic acids is 1. The molecule has 9 nitrogen and oxygen atoms in total. The van der Waals surface area contributed by atoms with Gasteiger partial charge in [-0.15, -0.1) is 0 Å². The fourth-order valence-electron chi connectivity index (χ4n) is 5.41. The van der Waals surface area contributed by atoms with Gasteiger partial charge in [-0.1, -0.05) is 59.4 Å². The fourth-order valence-corrected chi connectivity index (χ4v) is 6.46. The van der Waals surface area contributed by atoms with Crippen LogP contribution in [-0.2, 0) is 16.1 Å². The number of methoxy groups -OCH3 is 1. The smallest absolute Gasteiger partial charge is 0.338 e. The van der Waals surface area contributed by atoms with Gasteiger partial charge in [-0.25, -0.2) is 9.79 Å². The van der Waals surface area contributed by atoms with E-state index in [4.69, 9.17) is 28.7 Å². The van der Waals surface area contributed by atoms with Gasteiger partial charge in [-0.05, 0) is 70.0 Å². The third kappa shape index (κ3) is 6.72. The highest BCUT2D eigenvalue weighted by Gasteiger charge is 2.36. The van der Waals surface area contributed by atoms with Crippen LogP contribution in [0.25, 0.3) is 6.08 Å². The standard InChI is InChI=1S/C36H38N2O7S/c1-7-42-29-19-24(16-17-27(29)45-21-25-13-10-12-22(4)18-25)20-30-34(39)38-32(26-14-11-15-28(41-6)33(26)43-8-2)31(35(40)44-9-3)23(5)37-36(38)46-30/h10-20,32H,7-9,21H2,1-6H3/b30-20+/t32-/m0/s1. The van der Waals surface area contributed by atoms with Crippen LogP contribution < -0.4 is 33.8 Å². The summed E-state index contributed by atoms with van der Waals surface area (Å²) in [5.41, 5.74) is 4.01. The van der Waals surface area contributed by atoms with Crippen LogP contribution in [0.4, 0.5) is 0 Å². The van der Waals surface area contributed by atoms with Crippen molar-refractivity contribution < 1.29 is 28.5 Å². The molecule has 1 aliphatic rings. The number of thiazole rings is 1. The van der Waals surface area contributed by atoms with Gasteiger partial charge in [0.15, 0.2) is 27.8 Å². The van der Waals surface area contributed by atoms with Gasteiger partial charge in [0.25, 0.3) is 5.56 Å². The van der Waals surface area contributed by atoms with Gasteiger partial charge < -0.3 is 23.7 Å². The highest BCUT2D eigenvalue weighted by atomic mass is 32.1. The zero-order chi connectivity index (χ0) is 32.8. The number of carbonyl (C=O) groups is 1. The van der Waals surface area contributed by atoms with E-state index in [9.17, 15) is 9.59 Å². The molecule has 1 aliphatic heterocycles. The van der Waals surface area contributed by atoms with Crippen LogP contribution in [0.2, 0.25) is 0 Å². The molecule has 0 unspecified atom stereocenters. The lowest BCUT2D eigenvalue weighted by molar-refractivity contribution is -0.139. The van der Waals surface area contributed by atoms with Crippen LogP contribution in [0.5, 0.6) is 23.0 Å². The first-order valence-corrected chi connectivity index (χ1v) is 16.1. The Morgan fingerprint density at radius 3 is 2.41 bits per heavy atom. The molecule has 46 heavy (non-hydrogen) atoms. The molecule has 10 heteroatoms. The summed E-state index contributed by atoms with van der Waals surface area (Å²) in [6.45, 7) is 10.7. The van der Waals surface area contributed by atoms with E-state index in [2.05, 4.69) is 6.07 Å². The normalized spacial score (nSPS) is 14.4. The summed E-state index contributed by atoms with van der Waals surface area (Å²) in [5.74, 6) is 1.58. The lowest BCUT2D eigenvalue weighted by atomic mass is 9.94. The van der Waals surface area contributed by atoms with E-state index in [0.29, 0.717) is 63.4 Å². The minimum absolute atomic E-state index is 0.177. The van der Waals surface area contributed by atoms with Crippen molar-refractivity contribution in [2.45, 2.75) is 47.3 Å². The predicted octanol–water partition coefficient (Wildman–Crippen LogP) is 5.49. The Labute approximate surface area is 272 Å². The lowest BCUT2D eigenvalue weighted by Crippen LogP contribution is -2.40. The Balaban J connectivity index is 1.61. The first-order valence-electron chi connectivity index (χ1n) is 15.2. The molecule has 0 amide bonds. The molecule has 0 N–H and O–H groups in total. The summed E-state index contributed by atoms with van der Waals surface area (Å²) >= 11 is 1.25. The number of esters is 1. The summed E-state index contributed by atoms with van der Waals surface area (Å²) in [5, 5.41) is 0. The van der Waals surface area contributed by atoms with E-state index >= 15 is 0 Å². The van der Waals surface area contributed by atoms with Crippen LogP contribution in [0.3, 0.4) is 0 Å². The van der Waals surface area contributed by atoms with Crippen molar-refractivity contribution in [2.75, 3.05) is 26.9 Å². The Bertz CT molecular complexity index is 1960. The number of para-hydroxylation sites is 1. The minimum Gasteiger partial charge on any atom is -0.493 e. The number of fused-ring (bicyclic) bond motifs is 1. The molecule has 240 valence electrons. The van der Waals surface area contributed by atoms with Crippen molar-refractivity contribution in [3.8, 4) is 23.0 Å². The largest absolute Gasteiger partial charge is 0.493 e. The van der Waals surface area contributed by atoms with Crippen molar-refractivity contribution in [1.29, 1.82) is 0 Å². The number of rotatable bonds is 12. The van der Waals surface area contributed by atoms with Crippen molar-refractivity contribution in [3.63, 3.8) is 0 Å². The summed E-state index contributed by atoms with van der Waals surface area (Å²) in [7, 11) is 1.55. The number of aryl methyl sites for hydroxylation is 1. The van der Waals surface area contributed by atoms with Gasteiger partial charge in [0.1, 0.15) is 12.6 Å². The minimum atomic E-state index is -0.842. The average Bonchev–Trinajstić information content (AvgIpc) is 3.34. The number of benzene rings is 3. The van der Waals surface area contributed by atoms with Gasteiger partial charge in [-0.2, -0.15) is 0 Å². The Morgan fingerprint density at radius 1 is 0.913 bits per heavy atom. The van der Waals surface area contributed by atoms with Gasteiger partial charge in [-0.3, -0.25) is 9.36 Å². The summed E-state index contributed by atoms with van der Waals surface area (Å²) in [6, 6.07) is 18.3. The van der Waals surface area contributed by atoms with Gasteiger partial charge in [0, 0.05) is 5.56 Å². The Kier molecular flexibility index (Phi) is 10.3. The fraction of sp³-hybridized carbons (Fsp3) is 0.306. The quantitative estimate of drug-likeness (QED) is 0.189. The molecular weight excluding hydrogens is 604 g/mol. The molecule has 1 aromatic heterocycles. The maximum atomic E-state index is 14.2. The van der Waals surface area contributed by atoms with Crippen LogP contribution >= 0.6 is 11.3 Å². The second kappa shape index (κ2) is 14.5. The first kappa shape index (κ1) is 32.6. The number of aromatic nitrogens is 1. The topological polar surface area (TPSA) is 97.6 Å². The number of allylic oxidation sites excluding steroid dienone is 1. The third-order valence-corrected chi connectivity index (χ3v) is 8.35. The second-order valence-electron chi connectivity index (χ2n) is 10.5. The van der Waals surface area contributed by atoms with E-state index in [1.54, 1.807) is 33.1 Å². The maximum absolute atomic E-state index is 14.2. The summed E-state index contributed by atoms with van der Waals surface area (Å²) in [6.07, 6.45) is 1.80. The summed E-state index contributed by atoms with van der Waals surface area (Å²) < 4.78 is 31.1. The van der Waals surface area contributed by atoms with E-state index in [-0.39, 0.29) is 17.7 Å². The SMILES string of the molecule is CCOC(=O)C1=C(C)N=c2s/c(=C/c3ccc(OCc4cccc(C)c4)c(OCC)c3)c(=O)n2[C@H]1c1cccc(OC)c1OCC. The molecule has 0 saturated carbocycles. The van der Waals surface area contributed by atoms with Crippen LogP contribution in [-0.4, -0.2) is 37.5 Å². The van der Waals surface area contributed by atoms with Crippen LogP contribution in [0.1, 0.15) is 56.0 Å². The molecule has 5 rings (SSSR count). The van der Waals surface area contributed by atoms with E-state index in [1.807, 2.05) is 69.3 Å². The molecule has 0 fully saturated rings. The molecule has 0 radical (unpaired) electrons. The highest BCUT2D eigenvalue weighted by molar-refractivity contribution is 7.07. The van der Waals surface area contributed by atoms with Crippen molar-refractivity contribution in [2.24, 2.45) is 4.99 Å². The molecule has 0 aliphatic carbocycles. The monoisotopic (exact) mass is 642 g/mol. The molecule has 4 aromatic rings. The molecule has 0 bridgehead atoms. The predicted molar refractivity (Wildman–Crippen MR) is 178 cm³/mol. The Morgan fingerprint density at radius 2 is 1.70 bits per heavy atom. The number of hydrogen-bond acceptors (Lipinski definition) is 9.